The van der Waals surface area contributed by atoms with Gasteiger partial charge < -0.3 is 10.6 Å². The van der Waals surface area contributed by atoms with Crippen molar-refractivity contribution < 1.29 is 13.2 Å². The Hall–Kier alpha value is -2.38. The van der Waals surface area contributed by atoms with Crippen molar-refractivity contribution in [2.24, 2.45) is 5.14 Å². The maximum Gasteiger partial charge on any atom is 0.246 e. The number of rotatable bonds is 5. The summed E-state index contributed by atoms with van der Waals surface area (Å²) in [5.74, 6) is -0.228. The van der Waals surface area contributed by atoms with Crippen molar-refractivity contribution in [2.75, 3.05) is 10.6 Å². The fourth-order valence-electron chi connectivity index (χ4n) is 2.36. The summed E-state index contributed by atoms with van der Waals surface area (Å²) in [6.07, 6.45) is 0. The second kappa shape index (κ2) is 7.47. The Morgan fingerprint density at radius 2 is 1.46 bits per heavy atom. The lowest BCUT2D eigenvalue weighted by Crippen LogP contribution is -2.31. The number of primary sulfonamides is 1. The quantitative estimate of drug-likeness (QED) is 0.747. The smallest absolute Gasteiger partial charge is 0.246 e. The number of carbonyl (C=O) groups excluding carboxylic acids is 1. The Balaban J connectivity index is 1.99. The molecule has 0 bridgehead atoms. The Morgan fingerprint density at radius 1 is 0.962 bits per heavy atom. The average Bonchev–Trinajstić information content (AvgIpc) is 2.54. The lowest BCUT2D eigenvalue weighted by Gasteiger charge is -2.20. The summed E-state index contributed by atoms with van der Waals surface area (Å²) in [4.78, 5) is 12.3. The van der Waals surface area contributed by atoms with Crippen LogP contribution >= 0.6 is 0 Å². The zero-order valence-corrected chi connectivity index (χ0v) is 16.2. The van der Waals surface area contributed by atoms with Crippen molar-refractivity contribution in [1.29, 1.82) is 0 Å². The first-order chi connectivity index (χ1) is 12.0. The van der Waals surface area contributed by atoms with Gasteiger partial charge in [-0.1, -0.05) is 32.9 Å². The zero-order valence-electron chi connectivity index (χ0n) is 15.4. The summed E-state index contributed by atoms with van der Waals surface area (Å²) < 4.78 is 22.5. The lowest BCUT2D eigenvalue weighted by atomic mass is 9.87. The van der Waals surface area contributed by atoms with Crippen LogP contribution in [0.4, 0.5) is 11.4 Å². The van der Waals surface area contributed by atoms with Crippen LogP contribution < -0.4 is 15.8 Å². The molecule has 0 spiro atoms. The number of anilines is 2. The molecule has 0 aliphatic carbocycles. The van der Waals surface area contributed by atoms with E-state index >= 15 is 0 Å². The Morgan fingerprint density at radius 3 is 1.92 bits per heavy atom. The van der Waals surface area contributed by atoms with Gasteiger partial charge in [0.25, 0.3) is 0 Å². The van der Waals surface area contributed by atoms with Crippen molar-refractivity contribution in [1.82, 2.24) is 0 Å². The van der Waals surface area contributed by atoms with Gasteiger partial charge in [0, 0.05) is 11.4 Å². The van der Waals surface area contributed by atoms with Gasteiger partial charge in [-0.2, -0.15) is 0 Å². The number of amides is 1. The third kappa shape index (κ3) is 5.31. The molecule has 140 valence electrons. The van der Waals surface area contributed by atoms with E-state index in [1.54, 1.807) is 6.92 Å². The number of nitrogens with two attached hydrogens (primary N) is 1. The number of sulfonamides is 1. The van der Waals surface area contributed by atoms with Gasteiger partial charge in [0.05, 0.1) is 4.90 Å². The second-order valence-corrected chi connectivity index (χ2v) is 8.81. The summed E-state index contributed by atoms with van der Waals surface area (Å²) in [7, 11) is -3.74. The van der Waals surface area contributed by atoms with Crippen LogP contribution in [0.25, 0.3) is 0 Å². The molecule has 0 radical (unpaired) electrons. The maximum absolute atomic E-state index is 12.3. The molecule has 1 atom stereocenters. The molecule has 0 aliphatic rings. The van der Waals surface area contributed by atoms with E-state index in [0.717, 1.165) is 5.69 Å². The highest BCUT2D eigenvalue weighted by atomic mass is 32.2. The third-order valence-electron chi connectivity index (χ3n) is 3.98. The average molecular weight is 375 g/mol. The molecule has 4 N–H and O–H groups in total. The fourth-order valence-corrected chi connectivity index (χ4v) is 2.88. The highest BCUT2D eigenvalue weighted by molar-refractivity contribution is 7.89. The van der Waals surface area contributed by atoms with Gasteiger partial charge in [-0.3, -0.25) is 4.79 Å². The molecule has 0 saturated carbocycles. The topological polar surface area (TPSA) is 101 Å². The molecule has 6 nitrogen and oxygen atoms in total. The van der Waals surface area contributed by atoms with E-state index in [4.69, 9.17) is 5.14 Å². The van der Waals surface area contributed by atoms with Crippen LogP contribution in [0.15, 0.2) is 53.4 Å². The molecule has 0 heterocycles. The number of nitrogens with one attached hydrogen (secondary N) is 2. The molecule has 0 unspecified atom stereocenters. The lowest BCUT2D eigenvalue weighted by molar-refractivity contribution is -0.116. The molecular weight excluding hydrogens is 350 g/mol. The summed E-state index contributed by atoms with van der Waals surface area (Å²) in [6, 6.07) is 13.2. The number of benzene rings is 2. The molecule has 7 heteroatoms. The van der Waals surface area contributed by atoms with Crippen LogP contribution in [0, 0.1) is 0 Å². The molecule has 2 aromatic rings. The van der Waals surface area contributed by atoms with Gasteiger partial charge in [-0.25, -0.2) is 13.6 Å². The first-order valence-corrected chi connectivity index (χ1v) is 9.82. The zero-order chi connectivity index (χ0) is 19.5. The summed E-state index contributed by atoms with van der Waals surface area (Å²) in [5, 5.41) is 10.9. The van der Waals surface area contributed by atoms with E-state index in [0.29, 0.717) is 5.69 Å². The van der Waals surface area contributed by atoms with Crippen LogP contribution in [0.5, 0.6) is 0 Å². The van der Waals surface area contributed by atoms with Crippen molar-refractivity contribution in [2.45, 2.75) is 44.0 Å². The number of hydrogen-bond donors (Lipinski definition) is 3. The number of carbonyl (C=O) groups is 1. The van der Waals surface area contributed by atoms with Crippen LogP contribution in [-0.2, 0) is 20.2 Å². The fraction of sp³-hybridized carbons (Fsp3) is 0.316. The van der Waals surface area contributed by atoms with Gasteiger partial charge >= 0.3 is 0 Å². The minimum Gasteiger partial charge on any atom is -0.374 e. The second-order valence-electron chi connectivity index (χ2n) is 7.25. The van der Waals surface area contributed by atoms with Crippen molar-refractivity contribution in [3.8, 4) is 0 Å². The van der Waals surface area contributed by atoms with Crippen LogP contribution in [0.2, 0.25) is 0 Å². The van der Waals surface area contributed by atoms with Crippen LogP contribution in [0.3, 0.4) is 0 Å². The Labute approximate surface area is 154 Å². The van der Waals surface area contributed by atoms with Crippen molar-refractivity contribution in [3.05, 3.63) is 54.1 Å². The third-order valence-corrected chi connectivity index (χ3v) is 4.91. The standard InChI is InChI=1S/C19H25N3O3S/c1-13(21-15-7-5-14(6-8-15)19(2,3)4)18(23)22-16-9-11-17(12-10-16)26(20,24)25/h5-13,21H,1-4H3,(H,22,23)(H2,20,24,25)/t13-/m1/s1. The Bertz CT molecular complexity index is 868. The first kappa shape index (κ1) is 19.9. The molecular formula is C19H25N3O3S. The highest BCUT2D eigenvalue weighted by Gasteiger charge is 2.16. The van der Waals surface area contributed by atoms with E-state index in [9.17, 15) is 13.2 Å². The summed E-state index contributed by atoms with van der Waals surface area (Å²) >= 11 is 0. The van der Waals surface area contributed by atoms with E-state index < -0.39 is 16.1 Å². The van der Waals surface area contributed by atoms with Gasteiger partial charge in [-0.05, 0) is 54.3 Å². The molecule has 1 amide bonds. The van der Waals surface area contributed by atoms with Crippen molar-refractivity contribution in [3.63, 3.8) is 0 Å². The van der Waals surface area contributed by atoms with Gasteiger partial charge in [0.1, 0.15) is 6.04 Å². The van der Waals surface area contributed by atoms with E-state index in [1.165, 1.54) is 29.8 Å². The summed E-state index contributed by atoms with van der Waals surface area (Å²) in [5.41, 5.74) is 2.64. The van der Waals surface area contributed by atoms with Gasteiger partial charge in [0.2, 0.25) is 15.9 Å². The Kier molecular flexibility index (Phi) is 5.73. The number of hydrogen-bond acceptors (Lipinski definition) is 4. The monoisotopic (exact) mass is 375 g/mol. The predicted molar refractivity (Wildman–Crippen MR) is 105 cm³/mol. The molecule has 2 aromatic carbocycles. The van der Waals surface area contributed by atoms with E-state index in [1.807, 2.05) is 24.3 Å². The molecule has 0 aliphatic heterocycles. The van der Waals surface area contributed by atoms with Crippen molar-refractivity contribution >= 4 is 27.3 Å². The molecule has 0 aromatic heterocycles. The molecule has 0 fully saturated rings. The first-order valence-electron chi connectivity index (χ1n) is 8.27. The largest absolute Gasteiger partial charge is 0.374 e. The summed E-state index contributed by atoms with van der Waals surface area (Å²) in [6.45, 7) is 8.19. The molecule has 0 saturated heterocycles. The highest BCUT2D eigenvalue weighted by Crippen LogP contribution is 2.23. The molecule has 2 rings (SSSR count). The molecule has 26 heavy (non-hydrogen) atoms. The minimum absolute atomic E-state index is 0.000565. The van der Waals surface area contributed by atoms with Crippen LogP contribution in [0.1, 0.15) is 33.3 Å². The maximum atomic E-state index is 12.3. The van der Waals surface area contributed by atoms with Crippen LogP contribution in [-0.4, -0.2) is 20.4 Å². The predicted octanol–water partition coefficient (Wildman–Crippen LogP) is 3.07. The normalized spacial score (nSPS) is 13.1. The van der Waals surface area contributed by atoms with Gasteiger partial charge in [0.15, 0.2) is 0 Å². The minimum atomic E-state index is -3.74. The van der Waals surface area contributed by atoms with Gasteiger partial charge in [-0.15, -0.1) is 0 Å². The van der Waals surface area contributed by atoms with E-state index in [2.05, 4.69) is 31.4 Å². The SMILES string of the molecule is C[C@@H](Nc1ccc(C(C)(C)C)cc1)C(=O)Nc1ccc(S(N)(=O)=O)cc1. The van der Waals surface area contributed by atoms with E-state index in [-0.39, 0.29) is 16.2 Å².